The predicted octanol–water partition coefficient (Wildman–Crippen LogP) is 2.76. The lowest BCUT2D eigenvalue weighted by Crippen LogP contribution is -2.49. The maximum absolute atomic E-state index is 9.87. The zero-order chi connectivity index (χ0) is 13.9. The number of rotatable bonds is 4. The summed E-state index contributed by atoms with van der Waals surface area (Å²) in [5.74, 6) is 1.18. The summed E-state index contributed by atoms with van der Waals surface area (Å²) in [6.45, 7) is 10.1. The first kappa shape index (κ1) is 14.9. The van der Waals surface area contributed by atoms with Crippen molar-refractivity contribution < 1.29 is 5.11 Å². The summed E-state index contributed by atoms with van der Waals surface area (Å²) >= 11 is 2.05. The van der Waals surface area contributed by atoms with Gasteiger partial charge in [0.25, 0.3) is 0 Å². The van der Waals surface area contributed by atoms with Gasteiger partial charge in [0.05, 0.1) is 6.61 Å². The van der Waals surface area contributed by atoms with E-state index in [0.29, 0.717) is 4.75 Å². The fourth-order valence-corrected chi connectivity index (χ4v) is 3.99. The molecule has 0 bridgehead atoms. The number of nitrogens with zero attached hydrogens (tertiary/aromatic N) is 1. The molecule has 1 heterocycles. The van der Waals surface area contributed by atoms with Gasteiger partial charge in [-0.25, -0.2) is 0 Å². The van der Waals surface area contributed by atoms with Crippen LogP contribution in [0.5, 0.6) is 0 Å². The van der Waals surface area contributed by atoms with Crippen LogP contribution in [0, 0.1) is 0 Å². The Morgan fingerprint density at radius 2 is 2.00 bits per heavy atom. The molecule has 0 saturated carbocycles. The average molecular weight is 279 g/mol. The molecule has 0 aromatic heterocycles. The van der Waals surface area contributed by atoms with E-state index in [4.69, 9.17) is 0 Å². The lowest BCUT2D eigenvalue weighted by molar-refractivity contribution is 0.140. The van der Waals surface area contributed by atoms with Crippen LogP contribution in [0.3, 0.4) is 0 Å². The molecule has 1 saturated heterocycles. The second-order valence-electron chi connectivity index (χ2n) is 6.40. The molecule has 0 radical (unpaired) electrons. The minimum atomic E-state index is -0.167. The Morgan fingerprint density at radius 3 is 2.58 bits per heavy atom. The summed E-state index contributed by atoms with van der Waals surface area (Å²) in [4.78, 5) is 2.50. The molecule has 1 unspecified atom stereocenters. The van der Waals surface area contributed by atoms with Gasteiger partial charge in [-0.3, -0.25) is 0 Å². The first-order chi connectivity index (χ1) is 8.95. The molecule has 19 heavy (non-hydrogen) atoms. The Hall–Kier alpha value is -0.510. The van der Waals surface area contributed by atoms with Crippen molar-refractivity contribution in [3.05, 3.63) is 35.9 Å². The fourth-order valence-electron chi connectivity index (χ4n) is 2.82. The first-order valence-corrected chi connectivity index (χ1v) is 7.96. The van der Waals surface area contributed by atoms with Gasteiger partial charge in [-0.15, -0.1) is 0 Å². The number of thioether (sulfide) groups is 1. The molecule has 1 aromatic carbocycles. The molecule has 2 rings (SSSR count). The first-order valence-electron chi connectivity index (χ1n) is 6.98. The zero-order valence-electron chi connectivity index (χ0n) is 12.2. The smallest absolute Gasteiger partial charge is 0.0537 e. The Bertz CT molecular complexity index is 406. The number of benzene rings is 1. The van der Waals surface area contributed by atoms with Gasteiger partial charge in [-0.2, -0.15) is 11.8 Å². The Morgan fingerprint density at radius 1 is 1.32 bits per heavy atom. The van der Waals surface area contributed by atoms with Crippen LogP contribution in [0.25, 0.3) is 0 Å². The topological polar surface area (TPSA) is 23.5 Å². The standard InChI is InChI=1S/C16H25NOS/c1-15(2)11-17(9-10-19-15)12-16(3,13-18)14-7-5-4-6-8-14/h4-8,18H,9-13H2,1-3H3. The third kappa shape index (κ3) is 3.74. The van der Waals surface area contributed by atoms with Gasteiger partial charge < -0.3 is 10.0 Å². The summed E-state index contributed by atoms with van der Waals surface area (Å²) in [6.07, 6.45) is 0. The molecule has 1 atom stereocenters. The Balaban J connectivity index is 2.10. The molecule has 1 aliphatic heterocycles. The molecule has 1 N–H and O–H groups in total. The third-order valence-corrected chi connectivity index (χ3v) is 5.19. The van der Waals surface area contributed by atoms with E-state index in [1.54, 1.807) is 0 Å². The normalized spacial score (nSPS) is 22.9. The number of aliphatic hydroxyl groups is 1. The van der Waals surface area contributed by atoms with Gasteiger partial charge in [0, 0.05) is 35.5 Å². The third-order valence-electron chi connectivity index (χ3n) is 3.90. The molecule has 2 nitrogen and oxygen atoms in total. The molecule has 3 heteroatoms. The highest BCUT2D eigenvalue weighted by molar-refractivity contribution is 8.00. The van der Waals surface area contributed by atoms with Crippen molar-refractivity contribution in [2.45, 2.75) is 30.9 Å². The van der Waals surface area contributed by atoms with Crippen LogP contribution < -0.4 is 0 Å². The van der Waals surface area contributed by atoms with Crippen molar-refractivity contribution in [1.29, 1.82) is 0 Å². The van der Waals surface area contributed by atoms with E-state index in [1.165, 1.54) is 11.3 Å². The van der Waals surface area contributed by atoms with Crippen molar-refractivity contribution >= 4 is 11.8 Å². The Kier molecular flexibility index (Phi) is 4.59. The molecular formula is C16H25NOS. The van der Waals surface area contributed by atoms with E-state index < -0.39 is 0 Å². The van der Waals surface area contributed by atoms with Crippen LogP contribution in [0.1, 0.15) is 26.3 Å². The highest BCUT2D eigenvalue weighted by atomic mass is 32.2. The lowest BCUT2D eigenvalue weighted by atomic mass is 9.82. The SMILES string of the molecule is CC1(C)CN(CC(C)(CO)c2ccccc2)CCS1. The van der Waals surface area contributed by atoms with Crippen molar-refractivity contribution in [1.82, 2.24) is 4.90 Å². The van der Waals surface area contributed by atoms with Gasteiger partial charge >= 0.3 is 0 Å². The predicted molar refractivity (Wildman–Crippen MR) is 83.9 cm³/mol. The number of hydrogen-bond acceptors (Lipinski definition) is 3. The second kappa shape index (κ2) is 5.86. The van der Waals surface area contributed by atoms with E-state index in [-0.39, 0.29) is 12.0 Å². The van der Waals surface area contributed by atoms with Gasteiger partial charge in [0.1, 0.15) is 0 Å². The molecule has 0 spiro atoms. The molecule has 1 aromatic rings. The monoisotopic (exact) mass is 279 g/mol. The van der Waals surface area contributed by atoms with Crippen LogP contribution in [0.4, 0.5) is 0 Å². The minimum Gasteiger partial charge on any atom is -0.395 e. The zero-order valence-corrected chi connectivity index (χ0v) is 13.0. The van der Waals surface area contributed by atoms with Gasteiger partial charge in [-0.05, 0) is 19.4 Å². The van der Waals surface area contributed by atoms with Crippen molar-refractivity contribution in [2.24, 2.45) is 0 Å². The van der Waals surface area contributed by atoms with Gasteiger partial charge in [0.15, 0.2) is 0 Å². The lowest BCUT2D eigenvalue weighted by Gasteiger charge is -2.42. The van der Waals surface area contributed by atoms with Gasteiger partial charge in [0.2, 0.25) is 0 Å². The van der Waals surface area contributed by atoms with E-state index in [0.717, 1.165) is 19.6 Å². The molecule has 1 fully saturated rings. The molecule has 106 valence electrons. The van der Waals surface area contributed by atoms with Crippen LogP contribution in [0.15, 0.2) is 30.3 Å². The van der Waals surface area contributed by atoms with E-state index >= 15 is 0 Å². The quantitative estimate of drug-likeness (QED) is 0.917. The Labute approximate surface area is 121 Å². The van der Waals surface area contributed by atoms with Crippen molar-refractivity contribution in [2.75, 3.05) is 32.0 Å². The van der Waals surface area contributed by atoms with Crippen molar-refractivity contribution in [3.8, 4) is 0 Å². The number of aliphatic hydroxyl groups excluding tert-OH is 1. The van der Waals surface area contributed by atoms with E-state index in [9.17, 15) is 5.11 Å². The summed E-state index contributed by atoms with van der Waals surface area (Å²) in [5.41, 5.74) is 1.06. The summed E-state index contributed by atoms with van der Waals surface area (Å²) in [7, 11) is 0. The maximum atomic E-state index is 9.87. The molecule has 1 aliphatic rings. The second-order valence-corrected chi connectivity index (χ2v) is 8.21. The molecular weight excluding hydrogens is 254 g/mol. The van der Waals surface area contributed by atoms with Crippen LogP contribution in [-0.4, -0.2) is 46.7 Å². The fraction of sp³-hybridized carbons (Fsp3) is 0.625. The highest BCUT2D eigenvalue weighted by Crippen LogP contribution is 2.32. The van der Waals surface area contributed by atoms with Crippen molar-refractivity contribution in [3.63, 3.8) is 0 Å². The molecule has 0 amide bonds. The van der Waals surface area contributed by atoms with Gasteiger partial charge in [-0.1, -0.05) is 37.3 Å². The van der Waals surface area contributed by atoms with Crippen LogP contribution >= 0.6 is 11.8 Å². The largest absolute Gasteiger partial charge is 0.395 e. The van der Waals surface area contributed by atoms with E-state index in [1.807, 2.05) is 17.8 Å². The molecule has 0 aliphatic carbocycles. The van der Waals surface area contributed by atoms with E-state index in [2.05, 4.69) is 49.9 Å². The maximum Gasteiger partial charge on any atom is 0.0537 e. The van der Waals surface area contributed by atoms with Crippen LogP contribution in [-0.2, 0) is 5.41 Å². The highest BCUT2D eigenvalue weighted by Gasteiger charge is 2.33. The minimum absolute atomic E-state index is 0.167. The van der Waals surface area contributed by atoms with Crippen LogP contribution in [0.2, 0.25) is 0 Å². The average Bonchev–Trinajstić information content (AvgIpc) is 2.38. The number of hydrogen-bond donors (Lipinski definition) is 1. The summed E-state index contributed by atoms with van der Waals surface area (Å²) in [5, 5.41) is 9.87. The summed E-state index contributed by atoms with van der Waals surface area (Å²) in [6, 6.07) is 10.4. The summed E-state index contributed by atoms with van der Waals surface area (Å²) < 4.78 is 0.325.